The van der Waals surface area contributed by atoms with Gasteiger partial charge in [0.1, 0.15) is 0 Å². The fourth-order valence-electron chi connectivity index (χ4n) is 0.352. The van der Waals surface area contributed by atoms with Crippen LogP contribution in [0.3, 0.4) is 0 Å². The second-order valence-corrected chi connectivity index (χ2v) is 2.70. The molecule has 0 aromatic carbocycles. The van der Waals surface area contributed by atoms with Gasteiger partial charge in [-0.3, -0.25) is 0 Å². The van der Waals surface area contributed by atoms with Gasteiger partial charge >= 0.3 is 0 Å². The van der Waals surface area contributed by atoms with Crippen molar-refractivity contribution in [3.05, 3.63) is 7.05 Å². The molecule has 0 aromatic rings. The highest BCUT2D eigenvalue weighted by Crippen LogP contribution is 1.92. The van der Waals surface area contributed by atoms with E-state index in [4.69, 9.17) is 5.73 Å². The molecule has 0 unspecified atom stereocenters. The van der Waals surface area contributed by atoms with E-state index in [-0.39, 0.29) is 0 Å². The van der Waals surface area contributed by atoms with Crippen LogP contribution in [0.5, 0.6) is 0 Å². The van der Waals surface area contributed by atoms with Crippen molar-refractivity contribution in [2.45, 2.75) is 0 Å². The van der Waals surface area contributed by atoms with Gasteiger partial charge in [0, 0.05) is 18.1 Å². The zero-order valence-electron chi connectivity index (χ0n) is 5.10. The van der Waals surface area contributed by atoms with E-state index in [1.165, 1.54) is 5.75 Å². The van der Waals surface area contributed by atoms with Gasteiger partial charge in [-0.05, 0) is 0 Å². The molecule has 50 valence electrons. The highest BCUT2D eigenvalue weighted by Gasteiger charge is 1.83. The van der Waals surface area contributed by atoms with Gasteiger partial charge in [0.25, 0.3) is 0 Å². The van der Waals surface area contributed by atoms with Gasteiger partial charge in [-0.2, -0.15) is 18.8 Å². The first kappa shape index (κ1) is 8.27. The second kappa shape index (κ2) is 7.27. The molecule has 0 aliphatic rings. The molecule has 0 spiro atoms. The Morgan fingerprint density at radius 2 is 2.25 bits per heavy atom. The first-order valence-corrected chi connectivity index (χ1v) is 3.96. The smallest absolute Gasteiger partial charge is 0.0607 e. The summed E-state index contributed by atoms with van der Waals surface area (Å²) < 4.78 is 0. The average Bonchev–Trinajstić information content (AvgIpc) is 1.81. The van der Waals surface area contributed by atoms with Crippen molar-refractivity contribution in [2.75, 3.05) is 24.6 Å². The fraction of sp³-hybridized carbons (Fsp3) is 0.800. The third-order valence-electron chi connectivity index (χ3n) is 0.729. The lowest BCUT2D eigenvalue weighted by Crippen LogP contribution is -2.77. The van der Waals surface area contributed by atoms with Crippen molar-refractivity contribution in [1.82, 2.24) is 0 Å². The summed E-state index contributed by atoms with van der Waals surface area (Å²) in [5.74, 6) is 2.24. The predicted molar refractivity (Wildman–Crippen MR) is 38.5 cm³/mol. The minimum Gasteiger partial charge on any atom is -0.478 e. The zero-order chi connectivity index (χ0) is 6.24. The van der Waals surface area contributed by atoms with Crippen LogP contribution in [0.4, 0.5) is 0 Å². The number of hydrogen-bond donors (Lipinski definition) is 2. The van der Waals surface area contributed by atoms with Crippen LogP contribution in [0.15, 0.2) is 0 Å². The molecule has 0 radical (unpaired) electrons. The van der Waals surface area contributed by atoms with E-state index >= 15 is 0 Å². The topological polar surface area (TPSA) is 42.6 Å². The molecule has 3 heteroatoms. The van der Waals surface area contributed by atoms with E-state index in [2.05, 4.69) is 7.05 Å². The molecule has 0 amide bonds. The van der Waals surface area contributed by atoms with Gasteiger partial charge in [0.2, 0.25) is 0 Å². The van der Waals surface area contributed by atoms with Crippen LogP contribution in [0.25, 0.3) is 0 Å². The summed E-state index contributed by atoms with van der Waals surface area (Å²) >= 11 is 1.88. The van der Waals surface area contributed by atoms with Crippen molar-refractivity contribution < 1.29 is 5.32 Å². The maximum atomic E-state index is 5.26. The quantitative estimate of drug-likeness (QED) is 0.375. The van der Waals surface area contributed by atoms with E-state index in [1.807, 2.05) is 17.1 Å². The highest BCUT2D eigenvalue weighted by molar-refractivity contribution is 7.99. The Labute approximate surface area is 55.2 Å². The molecule has 8 heavy (non-hydrogen) atoms. The van der Waals surface area contributed by atoms with Crippen molar-refractivity contribution >= 4 is 11.8 Å². The van der Waals surface area contributed by atoms with Gasteiger partial charge in [-0.25, -0.2) is 0 Å². The number of nitrogens with two attached hydrogens (primary N) is 2. The van der Waals surface area contributed by atoms with Gasteiger partial charge in [-0.15, -0.1) is 0 Å². The van der Waals surface area contributed by atoms with E-state index in [1.54, 1.807) is 0 Å². The molecule has 0 fully saturated rings. The van der Waals surface area contributed by atoms with Crippen molar-refractivity contribution in [3.8, 4) is 0 Å². The Kier molecular flexibility index (Phi) is 7.52. The lowest BCUT2D eigenvalue weighted by atomic mass is 10.8. The second-order valence-electron chi connectivity index (χ2n) is 1.48. The SMILES string of the molecule is [CH2-][NH2+]CCSCCN. The Hall–Kier alpha value is 0.270. The van der Waals surface area contributed by atoms with Crippen LogP contribution in [0.2, 0.25) is 0 Å². The molecule has 2 nitrogen and oxygen atoms in total. The van der Waals surface area contributed by atoms with Crippen molar-refractivity contribution in [3.63, 3.8) is 0 Å². The molecule has 0 rings (SSSR count). The van der Waals surface area contributed by atoms with E-state index < -0.39 is 0 Å². The minimum atomic E-state index is 0.793. The molecule has 4 N–H and O–H groups in total. The van der Waals surface area contributed by atoms with Gasteiger partial charge in [-0.1, -0.05) is 0 Å². The Morgan fingerprint density at radius 1 is 1.50 bits per heavy atom. The molecule has 0 heterocycles. The van der Waals surface area contributed by atoms with Crippen LogP contribution < -0.4 is 11.1 Å². The van der Waals surface area contributed by atoms with E-state index in [0.29, 0.717) is 0 Å². The maximum Gasteiger partial charge on any atom is 0.0607 e. The van der Waals surface area contributed by atoms with Crippen molar-refractivity contribution in [2.24, 2.45) is 5.73 Å². The van der Waals surface area contributed by atoms with Gasteiger partial charge in [0.15, 0.2) is 0 Å². The van der Waals surface area contributed by atoms with E-state index in [0.717, 1.165) is 18.8 Å². The summed E-state index contributed by atoms with van der Waals surface area (Å²) in [6.07, 6.45) is 0. The van der Waals surface area contributed by atoms with Crippen molar-refractivity contribution in [1.29, 1.82) is 0 Å². The molecular weight excluding hydrogens is 120 g/mol. The molecule has 0 atom stereocenters. The summed E-state index contributed by atoms with van der Waals surface area (Å²) in [5, 5.41) is 1.93. The van der Waals surface area contributed by atoms with Crippen LogP contribution >= 0.6 is 11.8 Å². The third kappa shape index (κ3) is 6.27. The normalized spacial score (nSPS) is 9.75. The molecule has 0 bridgehead atoms. The summed E-state index contributed by atoms with van der Waals surface area (Å²) in [6, 6.07) is 0. The summed E-state index contributed by atoms with van der Waals surface area (Å²) in [6.45, 7) is 1.90. The molecule has 0 aliphatic carbocycles. The Balaban J connectivity index is 2.53. The highest BCUT2D eigenvalue weighted by atomic mass is 32.2. The number of rotatable bonds is 5. The minimum absolute atomic E-state index is 0.793. The molecule has 0 saturated heterocycles. The summed E-state index contributed by atoms with van der Waals surface area (Å²) in [7, 11) is 3.61. The standard InChI is InChI=1S/C5H14N2S/c1-7-3-5-8-4-2-6/h1-7H2. The number of quaternary nitrogens is 1. The van der Waals surface area contributed by atoms with Crippen LogP contribution in [-0.2, 0) is 0 Å². The van der Waals surface area contributed by atoms with E-state index in [9.17, 15) is 0 Å². The Morgan fingerprint density at radius 3 is 2.75 bits per heavy atom. The van der Waals surface area contributed by atoms with Crippen LogP contribution in [0, 0.1) is 7.05 Å². The maximum absolute atomic E-state index is 5.26. The molecule has 0 aliphatic heterocycles. The lowest BCUT2D eigenvalue weighted by molar-refractivity contribution is -0.590. The summed E-state index contributed by atoms with van der Waals surface area (Å²) in [5.41, 5.74) is 5.26. The zero-order valence-corrected chi connectivity index (χ0v) is 5.91. The summed E-state index contributed by atoms with van der Waals surface area (Å²) in [4.78, 5) is 0. The van der Waals surface area contributed by atoms with Gasteiger partial charge in [0.05, 0.1) is 6.54 Å². The lowest BCUT2D eigenvalue weighted by Gasteiger charge is -1.97. The molecule has 0 saturated carbocycles. The third-order valence-corrected chi connectivity index (χ3v) is 1.78. The van der Waals surface area contributed by atoms with Crippen LogP contribution in [-0.4, -0.2) is 24.6 Å². The fourth-order valence-corrected chi connectivity index (χ4v) is 1.06. The first-order valence-electron chi connectivity index (χ1n) is 2.80. The molecule has 0 aromatic heterocycles. The number of hydrogen-bond acceptors (Lipinski definition) is 2. The Bertz CT molecular complexity index is 35.4. The number of thioether (sulfide) groups is 1. The first-order chi connectivity index (χ1) is 3.91. The largest absolute Gasteiger partial charge is 0.478 e. The monoisotopic (exact) mass is 134 g/mol. The predicted octanol–water partition coefficient (Wildman–Crippen LogP) is -0.967. The average molecular weight is 134 g/mol. The van der Waals surface area contributed by atoms with Gasteiger partial charge < -0.3 is 11.1 Å². The van der Waals surface area contributed by atoms with Crippen LogP contribution in [0.1, 0.15) is 0 Å². The molecular formula is C5H14N2S.